The van der Waals surface area contributed by atoms with E-state index in [9.17, 15) is 0 Å². The van der Waals surface area contributed by atoms with Gasteiger partial charge in [0.05, 0.1) is 11.4 Å². The fourth-order valence-electron chi connectivity index (χ4n) is 4.47. The first-order chi connectivity index (χ1) is 10.4. The van der Waals surface area contributed by atoms with Crippen molar-refractivity contribution < 1.29 is 0 Å². The van der Waals surface area contributed by atoms with Crippen molar-refractivity contribution in [2.24, 2.45) is 5.92 Å². The molecule has 22 heavy (non-hydrogen) atoms. The Hall–Kier alpha value is -0.870. The summed E-state index contributed by atoms with van der Waals surface area (Å²) >= 11 is 0. The van der Waals surface area contributed by atoms with E-state index >= 15 is 0 Å². The third-order valence-electron chi connectivity index (χ3n) is 5.40. The smallest absolute Gasteiger partial charge is 0.106 e. The molecule has 1 aromatic heterocycles. The van der Waals surface area contributed by atoms with Crippen LogP contribution < -0.4 is 5.32 Å². The van der Waals surface area contributed by atoms with E-state index in [4.69, 9.17) is 4.98 Å². The summed E-state index contributed by atoms with van der Waals surface area (Å²) in [4.78, 5) is 7.68. The molecule has 3 rings (SSSR count). The zero-order valence-electron chi connectivity index (χ0n) is 14.9. The van der Waals surface area contributed by atoms with Crippen LogP contribution in [0.15, 0.2) is 0 Å². The first kappa shape index (κ1) is 16.0. The van der Waals surface area contributed by atoms with Gasteiger partial charge >= 0.3 is 0 Å². The highest BCUT2D eigenvalue weighted by atomic mass is 15.2. The lowest BCUT2D eigenvalue weighted by Gasteiger charge is -2.44. The number of nitrogens with zero attached hydrogens (tertiary/aromatic N) is 3. The average Bonchev–Trinajstić information content (AvgIpc) is 2.79. The van der Waals surface area contributed by atoms with Gasteiger partial charge in [0.2, 0.25) is 0 Å². The monoisotopic (exact) mass is 304 g/mol. The topological polar surface area (TPSA) is 33.1 Å². The molecule has 0 amide bonds. The largest absolute Gasteiger partial charge is 0.328 e. The quantitative estimate of drug-likeness (QED) is 0.932. The minimum atomic E-state index is 0.270. The summed E-state index contributed by atoms with van der Waals surface area (Å²) in [5.74, 6) is 1.95. The van der Waals surface area contributed by atoms with E-state index in [1.54, 1.807) is 0 Å². The Bertz CT molecular complexity index is 521. The van der Waals surface area contributed by atoms with Gasteiger partial charge in [-0.3, -0.25) is 0 Å². The highest BCUT2D eigenvalue weighted by molar-refractivity contribution is 5.31. The maximum absolute atomic E-state index is 5.04. The summed E-state index contributed by atoms with van der Waals surface area (Å²) in [6.45, 7) is 17.1. The molecule has 0 atom stereocenters. The minimum Gasteiger partial charge on any atom is -0.328 e. The Kier molecular flexibility index (Phi) is 4.34. The fraction of sp³-hybridized carbons (Fsp3) is 0.833. The van der Waals surface area contributed by atoms with E-state index in [1.165, 1.54) is 49.7 Å². The minimum absolute atomic E-state index is 0.270. The van der Waals surface area contributed by atoms with Crippen LogP contribution in [0.5, 0.6) is 0 Å². The maximum atomic E-state index is 5.04. The number of nitrogens with one attached hydrogen (secondary N) is 1. The van der Waals surface area contributed by atoms with E-state index in [0.29, 0.717) is 6.04 Å². The third-order valence-corrected chi connectivity index (χ3v) is 5.40. The predicted molar refractivity (Wildman–Crippen MR) is 91.2 cm³/mol. The zero-order chi connectivity index (χ0) is 15.9. The maximum Gasteiger partial charge on any atom is 0.106 e. The van der Waals surface area contributed by atoms with E-state index in [-0.39, 0.29) is 5.41 Å². The summed E-state index contributed by atoms with van der Waals surface area (Å²) in [7, 11) is 0. The number of rotatable bonds is 3. The third kappa shape index (κ3) is 2.71. The van der Waals surface area contributed by atoms with Crippen LogP contribution in [-0.4, -0.2) is 40.6 Å². The lowest BCUT2D eigenvalue weighted by atomic mass is 9.73. The zero-order valence-corrected chi connectivity index (χ0v) is 14.9. The molecule has 4 heteroatoms. The summed E-state index contributed by atoms with van der Waals surface area (Å²) < 4.78 is 2.43. The number of aromatic nitrogens is 2. The molecule has 2 aliphatic heterocycles. The molecular formula is C18H32N4. The average molecular weight is 304 g/mol. The predicted octanol–water partition coefficient (Wildman–Crippen LogP) is 2.87. The number of imidazole rings is 1. The Labute approximate surface area is 135 Å². The number of piperidine rings is 1. The van der Waals surface area contributed by atoms with Gasteiger partial charge in [0.25, 0.3) is 0 Å². The normalized spacial score (nSPS) is 21.8. The molecule has 1 saturated heterocycles. The van der Waals surface area contributed by atoms with Gasteiger partial charge in [-0.25, -0.2) is 4.98 Å². The molecule has 0 radical (unpaired) electrons. The highest BCUT2D eigenvalue weighted by Gasteiger charge is 2.42. The number of likely N-dealkylation sites (tertiary alicyclic amines) is 1. The Balaban J connectivity index is 1.85. The SMILES string of the molecule is Cc1nc2c(n1C(C)C)CNCC21CCN(CC(C)C)CC1. The molecule has 2 aliphatic rings. The summed E-state index contributed by atoms with van der Waals surface area (Å²) in [6, 6.07) is 0.495. The van der Waals surface area contributed by atoms with Gasteiger partial charge in [-0.15, -0.1) is 0 Å². The fourth-order valence-corrected chi connectivity index (χ4v) is 4.47. The molecular weight excluding hydrogens is 272 g/mol. The molecule has 0 aromatic carbocycles. The molecule has 1 fully saturated rings. The van der Waals surface area contributed by atoms with Crippen molar-refractivity contribution in [2.45, 2.75) is 65.5 Å². The number of hydrogen-bond acceptors (Lipinski definition) is 3. The second-order valence-electron chi connectivity index (χ2n) is 8.00. The standard InChI is InChI=1S/C18H32N4/c1-13(2)11-21-8-6-18(7-9-21)12-19-10-16-17(18)20-15(5)22(16)14(3)4/h13-14,19H,6-12H2,1-5H3. The lowest BCUT2D eigenvalue weighted by Crippen LogP contribution is -2.51. The van der Waals surface area contributed by atoms with Crippen LogP contribution in [0.25, 0.3) is 0 Å². The van der Waals surface area contributed by atoms with Gasteiger partial charge in [0.15, 0.2) is 0 Å². The van der Waals surface area contributed by atoms with Crippen LogP contribution in [0.3, 0.4) is 0 Å². The van der Waals surface area contributed by atoms with Crippen molar-refractivity contribution in [1.29, 1.82) is 0 Å². The van der Waals surface area contributed by atoms with Gasteiger partial charge in [0.1, 0.15) is 5.82 Å². The van der Waals surface area contributed by atoms with Crippen molar-refractivity contribution >= 4 is 0 Å². The van der Waals surface area contributed by atoms with Crippen molar-refractivity contribution in [3.05, 3.63) is 17.2 Å². The van der Waals surface area contributed by atoms with Gasteiger partial charge in [0, 0.05) is 31.1 Å². The highest BCUT2D eigenvalue weighted by Crippen LogP contribution is 2.39. The van der Waals surface area contributed by atoms with Crippen molar-refractivity contribution in [1.82, 2.24) is 19.8 Å². The number of aryl methyl sites for hydroxylation is 1. The van der Waals surface area contributed by atoms with Crippen LogP contribution in [0.2, 0.25) is 0 Å². The second kappa shape index (κ2) is 5.97. The van der Waals surface area contributed by atoms with Crippen molar-refractivity contribution in [2.75, 3.05) is 26.2 Å². The van der Waals surface area contributed by atoms with Crippen LogP contribution in [0.4, 0.5) is 0 Å². The van der Waals surface area contributed by atoms with Crippen LogP contribution in [0.1, 0.15) is 63.8 Å². The molecule has 0 unspecified atom stereocenters. The molecule has 0 bridgehead atoms. The molecule has 3 heterocycles. The molecule has 4 nitrogen and oxygen atoms in total. The van der Waals surface area contributed by atoms with Crippen molar-refractivity contribution in [3.63, 3.8) is 0 Å². The Morgan fingerprint density at radius 1 is 1.18 bits per heavy atom. The molecule has 1 N–H and O–H groups in total. The molecule has 0 saturated carbocycles. The lowest BCUT2D eigenvalue weighted by molar-refractivity contribution is 0.135. The molecule has 124 valence electrons. The van der Waals surface area contributed by atoms with Gasteiger partial charge in [-0.1, -0.05) is 13.8 Å². The first-order valence-corrected chi connectivity index (χ1v) is 8.94. The van der Waals surface area contributed by atoms with E-state index in [2.05, 4.69) is 49.4 Å². The van der Waals surface area contributed by atoms with E-state index in [0.717, 1.165) is 19.0 Å². The van der Waals surface area contributed by atoms with Crippen molar-refractivity contribution in [3.8, 4) is 0 Å². The van der Waals surface area contributed by atoms with Gasteiger partial charge in [-0.2, -0.15) is 0 Å². The summed E-state index contributed by atoms with van der Waals surface area (Å²) in [5, 5.41) is 3.69. The van der Waals surface area contributed by atoms with Crippen LogP contribution >= 0.6 is 0 Å². The van der Waals surface area contributed by atoms with Crippen LogP contribution in [-0.2, 0) is 12.0 Å². The summed E-state index contributed by atoms with van der Waals surface area (Å²) in [6.07, 6.45) is 2.49. The second-order valence-corrected chi connectivity index (χ2v) is 8.00. The van der Waals surface area contributed by atoms with E-state index < -0.39 is 0 Å². The Morgan fingerprint density at radius 3 is 2.45 bits per heavy atom. The summed E-state index contributed by atoms with van der Waals surface area (Å²) in [5.41, 5.74) is 3.11. The van der Waals surface area contributed by atoms with Crippen LogP contribution in [0, 0.1) is 12.8 Å². The molecule has 1 aromatic rings. The molecule has 0 aliphatic carbocycles. The van der Waals surface area contributed by atoms with E-state index in [1.807, 2.05) is 0 Å². The van der Waals surface area contributed by atoms with Gasteiger partial charge < -0.3 is 14.8 Å². The number of fused-ring (bicyclic) bond motifs is 2. The first-order valence-electron chi connectivity index (χ1n) is 8.94. The number of hydrogen-bond donors (Lipinski definition) is 1. The Morgan fingerprint density at radius 2 is 1.86 bits per heavy atom. The molecule has 1 spiro atoms. The van der Waals surface area contributed by atoms with Gasteiger partial charge in [-0.05, 0) is 52.6 Å².